The highest BCUT2D eigenvalue weighted by molar-refractivity contribution is 5.80. The molecule has 0 aromatic carbocycles. The van der Waals surface area contributed by atoms with Crippen LogP contribution in [0.1, 0.15) is 12.6 Å². The van der Waals surface area contributed by atoms with Crippen LogP contribution < -0.4 is 9.80 Å². The Morgan fingerprint density at radius 3 is 2.83 bits per heavy atom. The summed E-state index contributed by atoms with van der Waals surface area (Å²) in [6, 6.07) is 4.03. The highest BCUT2D eigenvalue weighted by atomic mass is 15.4. The van der Waals surface area contributed by atoms with Crippen molar-refractivity contribution in [1.29, 1.82) is 0 Å². The van der Waals surface area contributed by atoms with Crippen molar-refractivity contribution in [2.24, 2.45) is 0 Å². The lowest BCUT2D eigenvalue weighted by Crippen LogP contribution is -2.36. The number of aromatic nitrogens is 3. The Balaban J connectivity index is 2.16. The number of aryl methyl sites for hydroxylation is 1. The van der Waals surface area contributed by atoms with Gasteiger partial charge < -0.3 is 9.80 Å². The molecule has 0 fully saturated rings. The van der Waals surface area contributed by atoms with Crippen molar-refractivity contribution in [3.63, 3.8) is 0 Å². The van der Waals surface area contributed by atoms with Crippen LogP contribution >= 0.6 is 0 Å². The van der Waals surface area contributed by atoms with Crippen molar-refractivity contribution in [2.75, 3.05) is 16.8 Å². The highest BCUT2D eigenvalue weighted by Gasteiger charge is 2.33. The lowest BCUT2D eigenvalue weighted by molar-refractivity contribution is 0.725. The van der Waals surface area contributed by atoms with Crippen molar-refractivity contribution >= 4 is 17.2 Å². The van der Waals surface area contributed by atoms with Crippen molar-refractivity contribution in [3.8, 4) is 0 Å². The molecule has 0 aliphatic carbocycles. The quantitative estimate of drug-likeness (QED) is 0.765. The average Bonchev–Trinajstić information content (AvgIpc) is 2.64. The van der Waals surface area contributed by atoms with Crippen LogP contribution in [0.3, 0.4) is 0 Å². The maximum atomic E-state index is 4.44. The summed E-state index contributed by atoms with van der Waals surface area (Å²) in [7, 11) is 2.05. The molecule has 5 nitrogen and oxygen atoms in total. The van der Waals surface area contributed by atoms with Crippen LogP contribution in [-0.4, -0.2) is 28.2 Å². The first-order valence-corrected chi connectivity index (χ1v) is 5.94. The van der Waals surface area contributed by atoms with Gasteiger partial charge >= 0.3 is 0 Å². The van der Waals surface area contributed by atoms with Crippen LogP contribution in [0, 0.1) is 6.92 Å². The van der Waals surface area contributed by atoms with E-state index in [2.05, 4.69) is 44.8 Å². The van der Waals surface area contributed by atoms with Crippen molar-refractivity contribution in [2.45, 2.75) is 20.0 Å². The molecular formula is C13H15N5. The van der Waals surface area contributed by atoms with E-state index in [1.165, 1.54) is 0 Å². The molecule has 1 atom stereocenters. The molecule has 2 aromatic rings. The minimum Gasteiger partial charge on any atom is -0.337 e. The second-order valence-corrected chi connectivity index (χ2v) is 4.45. The Morgan fingerprint density at radius 2 is 2.06 bits per heavy atom. The second-order valence-electron chi connectivity index (χ2n) is 4.45. The van der Waals surface area contributed by atoms with Crippen LogP contribution in [0.5, 0.6) is 0 Å². The molecule has 2 aromatic heterocycles. The third kappa shape index (κ3) is 1.44. The molecule has 0 amide bonds. The third-order valence-corrected chi connectivity index (χ3v) is 3.44. The van der Waals surface area contributed by atoms with Gasteiger partial charge in [0.1, 0.15) is 12.5 Å². The summed E-state index contributed by atoms with van der Waals surface area (Å²) in [5, 5.41) is 0. The van der Waals surface area contributed by atoms with Gasteiger partial charge in [-0.2, -0.15) is 0 Å². The Labute approximate surface area is 106 Å². The summed E-state index contributed by atoms with van der Waals surface area (Å²) in [5.74, 6) is 0.994. The average molecular weight is 241 g/mol. The molecule has 0 saturated carbocycles. The predicted octanol–water partition coefficient (Wildman–Crippen LogP) is 2.11. The van der Waals surface area contributed by atoms with E-state index in [1.807, 2.05) is 25.4 Å². The maximum Gasteiger partial charge on any atom is 0.153 e. The van der Waals surface area contributed by atoms with E-state index < -0.39 is 0 Å². The topological polar surface area (TPSA) is 45.2 Å². The van der Waals surface area contributed by atoms with Gasteiger partial charge in [-0.3, -0.25) is 0 Å². The van der Waals surface area contributed by atoms with Crippen LogP contribution in [-0.2, 0) is 0 Å². The number of hydrogen-bond donors (Lipinski definition) is 0. The van der Waals surface area contributed by atoms with Crippen LogP contribution in [0.4, 0.5) is 17.2 Å². The second kappa shape index (κ2) is 3.94. The molecule has 5 heteroatoms. The van der Waals surface area contributed by atoms with E-state index in [4.69, 9.17) is 0 Å². The Hall–Kier alpha value is -2.17. The molecule has 1 aliphatic heterocycles. The summed E-state index contributed by atoms with van der Waals surface area (Å²) in [5.41, 5.74) is 3.11. The van der Waals surface area contributed by atoms with Crippen molar-refractivity contribution in [3.05, 3.63) is 36.5 Å². The fraction of sp³-hybridized carbons (Fsp3) is 0.308. The molecule has 0 N–H and O–H groups in total. The minimum absolute atomic E-state index is 0.208. The van der Waals surface area contributed by atoms with Crippen molar-refractivity contribution in [1.82, 2.24) is 15.0 Å². The molecule has 1 unspecified atom stereocenters. The van der Waals surface area contributed by atoms with Gasteiger partial charge in [0.15, 0.2) is 5.82 Å². The van der Waals surface area contributed by atoms with Crippen molar-refractivity contribution < 1.29 is 0 Å². The van der Waals surface area contributed by atoms with E-state index >= 15 is 0 Å². The van der Waals surface area contributed by atoms with Gasteiger partial charge in [0, 0.05) is 13.2 Å². The summed E-state index contributed by atoms with van der Waals surface area (Å²) >= 11 is 0. The zero-order valence-electron chi connectivity index (χ0n) is 10.7. The summed E-state index contributed by atoms with van der Waals surface area (Å²) in [6.45, 7) is 4.15. The summed E-state index contributed by atoms with van der Waals surface area (Å²) in [4.78, 5) is 17.2. The maximum absolute atomic E-state index is 4.44. The Kier molecular flexibility index (Phi) is 2.40. The molecule has 0 saturated heterocycles. The number of fused-ring (bicyclic) bond motifs is 1. The zero-order valence-corrected chi connectivity index (χ0v) is 10.7. The molecule has 0 radical (unpaired) electrons. The largest absolute Gasteiger partial charge is 0.337 e. The lowest BCUT2D eigenvalue weighted by atomic mass is 10.3. The van der Waals surface area contributed by atoms with Crippen LogP contribution in [0.25, 0.3) is 0 Å². The molecule has 18 heavy (non-hydrogen) atoms. The number of anilines is 3. The summed E-state index contributed by atoms with van der Waals surface area (Å²) in [6.07, 6.45) is 5.46. The van der Waals surface area contributed by atoms with Gasteiger partial charge in [0.2, 0.25) is 0 Å². The predicted molar refractivity (Wildman–Crippen MR) is 71.0 cm³/mol. The summed E-state index contributed by atoms with van der Waals surface area (Å²) < 4.78 is 0. The SMILES string of the molecule is Cc1ncncc1N1c2cccnc2N(C)C1C. The van der Waals surface area contributed by atoms with E-state index in [-0.39, 0.29) is 6.17 Å². The molecule has 0 bridgehead atoms. The van der Waals surface area contributed by atoms with Gasteiger partial charge in [-0.25, -0.2) is 15.0 Å². The van der Waals surface area contributed by atoms with E-state index in [9.17, 15) is 0 Å². The smallest absolute Gasteiger partial charge is 0.153 e. The first-order chi connectivity index (χ1) is 8.70. The Morgan fingerprint density at radius 1 is 1.22 bits per heavy atom. The molecule has 0 spiro atoms. The highest BCUT2D eigenvalue weighted by Crippen LogP contribution is 2.41. The van der Waals surface area contributed by atoms with E-state index in [0.29, 0.717) is 0 Å². The van der Waals surface area contributed by atoms with Gasteiger partial charge in [-0.1, -0.05) is 0 Å². The molecule has 3 heterocycles. The minimum atomic E-state index is 0.208. The van der Waals surface area contributed by atoms with Gasteiger partial charge in [-0.05, 0) is 26.0 Å². The van der Waals surface area contributed by atoms with E-state index in [0.717, 1.165) is 22.9 Å². The normalized spacial score (nSPS) is 18.1. The van der Waals surface area contributed by atoms with Crippen LogP contribution in [0.2, 0.25) is 0 Å². The van der Waals surface area contributed by atoms with E-state index in [1.54, 1.807) is 6.33 Å². The van der Waals surface area contributed by atoms with Crippen LogP contribution in [0.15, 0.2) is 30.9 Å². The number of hydrogen-bond acceptors (Lipinski definition) is 5. The standard InChI is InChI=1S/C13H15N5/c1-9-12(7-14-8-16-9)18-10(2)17(3)13-11(18)5-4-6-15-13/h4-8,10H,1-3H3. The van der Waals surface area contributed by atoms with Gasteiger partial charge in [0.05, 0.1) is 23.3 Å². The number of rotatable bonds is 1. The monoisotopic (exact) mass is 241 g/mol. The third-order valence-electron chi connectivity index (χ3n) is 3.44. The van der Waals surface area contributed by atoms with Gasteiger partial charge in [-0.15, -0.1) is 0 Å². The van der Waals surface area contributed by atoms with Gasteiger partial charge in [0.25, 0.3) is 0 Å². The number of nitrogens with zero attached hydrogens (tertiary/aromatic N) is 5. The first kappa shape index (κ1) is 11.0. The fourth-order valence-electron chi connectivity index (χ4n) is 2.35. The molecule has 92 valence electrons. The molecule has 1 aliphatic rings. The Bertz CT molecular complexity index is 583. The lowest BCUT2D eigenvalue weighted by Gasteiger charge is -2.27. The molecule has 3 rings (SSSR count). The fourth-order valence-corrected chi connectivity index (χ4v) is 2.35. The number of pyridine rings is 1. The first-order valence-electron chi connectivity index (χ1n) is 5.94. The molecular weight excluding hydrogens is 226 g/mol. The zero-order chi connectivity index (χ0) is 12.7.